The highest BCUT2D eigenvalue weighted by Crippen LogP contribution is 2.38. The molecule has 1 N–H and O–H groups in total. The number of alkyl halides is 3. The number of thioether (sulfide) groups is 1. The van der Waals surface area contributed by atoms with Crippen molar-refractivity contribution in [3.8, 4) is 0 Å². The third-order valence-electron chi connectivity index (χ3n) is 2.43. The first-order valence-corrected chi connectivity index (χ1v) is 6.59. The van der Waals surface area contributed by atoms with Crippen molar-refractivity contribution >= 4 is 29.4 Å². The molecule has 0 aliphatic heterocycles. The maximum absolute atomic E-state index is 13.8. The van der Waals surface area contributed by atoms with Crippen LogP contribution in [-0.2, 0) is 9.53 Å². The SMILES string of the molecule is COC(=O)CNC(=O)N(C)c1ccc(SC(F)(F)F)cc1F. The van der Waals surface area contributed by atoms with Gasteiger partial charge in [-0.05, 0) is 30.0 Å². The molecule has 0 aliphatic carbocycles. The summed E-state index contributed by atoms with van der Waals surface area (Å²) >= 11 is -0.459. The van der Waals surface area contributed by atoms with Gasteiger partial charge in [0.2, 0.25) is 0 Å². The first-order chi connectivity index (χ1) is 10.1. The molecule has 10 heteroatoms. The molecule has 122 valence electrons. The Bertz CT molecular complexity index is 566. The van der Waals surface area contributed by atoms with Crippen LogP contribution in [0.25, 0.3) is 0 Å². The summed E-state index contributed by atoms with van der Waals surface area (Å²) in [6, 6.07) is 1.96. The molecule has 0 saturated carbocycles. The summed E-state index contributed by atoms with van der Waals surface area (Å²) in [6.45, 7) is -0.413. The molecule has 0 aromatic heterocycles. The Kier molecular flexibility index (Phi) is 6.03. The van der Waals surface area contributed by atoms with E-state index in [4.69, 9.17) is 0 Å². The number of hydrogen-bond donors (Lipinski definition) is 1. The van der Waals surface area contributed by atoms with Crippen molar-refractivity contribution in [2.24, 2.45) is 0 Å². The summed E-state index contributed by atoms with van der Waals surface area (Å²) in [4.78, 5) is 23.1. The number of benzene rings is 1. The predicted octanol–water partition coefficient (Wildman–Crippen LogP) is 2.76. The molecular formula is C12H12F4N2O3S. The maximum atomic E-state index is 13.8. The first kappa shape index (κ1) is 18.1. The lowest BCUT2D eigenvalue weighted by molar-refractivity contribution is -0.139. The molecule has 0 heterocycles. The number of halogens is 4. The quantitative estimate of drug-likeness (QED) is 0.520. The third-order valence-corrected chi connectivity index (χ3v) is 3.15. The lowest BCUT2D eigenvalue weighted by Gasteiger charge is -2.19. The Labute approximate surface area is 127 Å². The van der Waals surface area contributed by atoms with Crippen LogP contribution in [0.3, 0.4) is 0 Å². The molecule has 0 aliphatic rings. The smallest absolute Gasteiger partial charge is 0.446 e. The number of nitrogens with zero attached hydrogens (tertiary/aromatic N) is 1. The van der Waals surface area contributed by atoms with Crippen molar-refractivity contribution < 1.29 is 31.9 Å². The molecule has 0 atom stereocenters. The Balaban J connectivity index is 2.79. The number of ether oxygens (including phenoxy) is 1. The Morgan fingerprint density at radius 1 is 1.36 bits per heavy atom. The van der Waals surface area contributed by atoms with Crippen LogP contribution in [0, 0.1) is 5.82 Å². The Hall–Kier alpha value is -1.97. The van der Waals surface area contributed by atoms with Crippen molar-refractivity contribution in [1.82, 2.24) is 5.32 Å². The van der Waals surface area contributed by atoms with Crippen LogP contribution >= 0.6 is 11.8 Å². The topological polar surface area (TPSA) is 58.6 Å². The van der Waals surface area contributed by atoms with E-state index in [0.29, 0.717) is 6.07 Å². The van der Waals surface area contributed by atoms with E-state index in [1.54, 1.807) is 0 Å². The van der Waals surface area contributed by atoms with Crippen LogP contribution in [0.2, 0.25) is 0 Å². The summed E-state index contributed by atoms with van der Waals surface area (Å²) < 4.78 is 54.7. The van der Waals surface area contributed by atoms with Gasteiger partial charge in [-0.15, -0.1) is 0 Å². The molecular weight excluding hydrogens is 328 g/mol. The number of rotatable bonds is 4. The second-order valence-electron chi connectivity index (χ2n) is 3.95. The average Bonchev–Trinajstić information content (AvgIpc) is 2.42. The summed E-state index contributed by atoms with van der Waals surface area (Å²) in [5.41, 5.74) is -4.76. The van der Waals surface area contributed by atoms with Gasteiger partial charge in [0, 0.05) is 11.9 Å². The fraction of sp³-hybridized carbons (Fsp3) is 0.333. The largest absolute Gasteiger partial charge is 0.468 e. The zero-order valence-corrected chi connectivity index (χ0v) is 12.3. The number of anilines is 1. The van der Waals surface area contributed by atoms with E-state index in [1.165, 1.54) is 7.05 Å². The minimum Gasteiger partial charge on any atom is -0.468 e. The van der Waals surface area contributed by atoms with E-state index in [0.717, 1.165) is 24.1 Å². The van der Waals surface area contributed by atoms with Gasteiger partial charge in [0.25, 0.3) is 0 Å². The predicted molar refractivity (Wildman–Crippen MR) is 72.1 cm³/mol. The van der Waals surface area contributed by atoms with Crippen molar-refractivity contribution in [3.05, 3.63) is 24.0 Å². The number of urea groups is 1. The molecule has 0 saturated heterocycles. The van der Waals surface area contributed by atoms with Gasteiger partial charge >= 0.3 is 17.5 Å². The van der Waals surface area contributed by atoms with Crippen LogP contribution in [0.1, 0.15) is 0 Å². The number of esters is 1. The van der Waals surface area contributed by atoms with Gasteiger partial charge in [-0.2, -0.15) is 13.2 Å². The number of carbonyl (C=O) groups is 2. The molecule has 1 rings (SSSR count). The zero-order chi connectivity index (χ0) is 16.9. The van der Waals surface area contributed by atoms with Gasteiger partial charge < -0.3 is 10.1 Å². The lowest BCUT2D eigenvalue weighted by atomic mass is 10.3. The van der Waals surface area contributed by atoms with Crippen LogP contribution in [-0.4, -0.2) is 38.2 Å². The molecule has 2 amide bonds. The van der Waals surface area contributed by atoms with Crippen LogP contribution < -0.4 is 10.2 Å². The van der Waals surface area contributed by atoms with Crippen molar-refractivity contribution in [2.45, 2.75) is 10.4 Å². The van der Waals surface area contributed by atoms with Gasteiger partial charge in [0.1, 0.15) is 12.4 Å². The molecule has 0 radical (unpaired) electrons. The van der Waals surface area contributed by atoms with E-state index in [-0.39, 0.29) is 10.6 Å². The summed E-state index contributed by atoms with van der Waals surface area (Å²) in [5.74, 6) is -1.69. The van der Waals surface area contributed by atoms with Crippen LogP contribution in [0.4, 0.5) is 28.0 Å². The molecule has 1 aromatic rings. The lowest BCUT2D eigenvalue weighted by Crippen LogP contribution is -2.40. The van der Waals surface area contributed by atoms with E-state index in [1.807, 2.05) is 0 Å². The number of hydrogen-bond acceptors (Lipinski definition) is 4. The van der Waals surface area contributed by atoms with Gasteiger partial charge in [0.15, 0.2) is 0 Å². The maximum Gasteiger partial charge on any atom is 0.446 e. The van der Waals surface area contributed by atoms with Gasteiger partial charge in [0.05, 0.1) is 12.8 Å². The molecule has 22 heavy (non-hydrogen) atoms. The highest BCUT2D eigenvalue weighted by molar-refractivity contribution is 8.00. The summed E-state index contributed by atoms with van der Waals surface area (Å²) in [6.07, 6.45) is 0. The molecule has 5 nitrogen and oxygen atoms in total. The second kappa shape index (κ2) is 7.34. The van der Waals surface area contributed by atoms with Gasteiger partial charge in [-0.1, -0.05) is 0 Å². The second-order valence-corrected chi connectivity index (χ2v) is 5.09. The fourth-order valence-corrected chi connectivity index (χ4v) is 1.97. The zero-order valence-electron chi connectivity index (χ0n) is 11.5. The number of amides is 2. The molecule has 1 aromatic carbocycles. The number of nitrogens with one attached hydrogen (secondary N) is 1. The van der Waals surface area contributed by atoms with E-state index in [9.17, 15) is 27.2 Å². The number of carbonyl (C=O) groups excluding carboxylic acids is 2. The fourth-order valence-electron chi connectivity index (χ4n) is 1.40. The monoisotopic (exact) mass is 340 g/mol. The normalized spacial score (nSPS) is 11.0. The Morgan fingerprint density at radius 2 is 2.00 bits per heavy atom. The van der Waals surface area contributed by atoms with E-state index < -0.39 is 41.6 Å². The highest BCUT2D eigenvalue weighted by atomic mass is 32.2. The van der Waals surface area contributed by atoms with Crippen molar-refractivity contribution in [2.75, 3.05) is 25.6 Å². The highest BCUT2D eigenvalue weighted by Gasteiger charge is 2.29. The third kappa shape index (κ3) is 5.43. The summed E-state index contributed by atoms with van der Waals surface area (Å²) in [7, 11) is 2.34. The van der Waals surface area contributed by atoms with Crippen molar-refractivity contribution in [1.29, 1.82) is 0 Å². The van der Waals surface area contributed by atoms with Crippen LogP contribution in [0.5, 0.6) is 0 Å². The molecule has 0 unspecified atom stereocenters. The average molecular weight is 340 g/mol. The Morgan fingerprint density at radius 3 is 2.50 bits per heavy atom. The minimum atomic E-state index is -4.53. The van der Waals surface area contributed by atoms with Gasteiger partial charge in [-0.3, -0.25) is 9.69 Å². The molecule has 0 bridgehead atoms. The van der Waals surface area contributed by atoms with Gasteiger partial charge in [-0.25, -0.2) is 9.18 Å². The van der Waals surface area contributed by atoms with E-state index in [2.05, 4.69) is 10.1 Å². The van der Waals surface area contributed by atoms with Crippen molar-refractivity contribution in [3.63, 3.8) is 0 Å². The molecule has 0 spiro atoms. The number of methoxy groups -OCH3 is 1. The first-order valence-electron chi connectivity index (χ1n) is 5.77. The standard InChI is InChI=1S/C12H12F4N2O3S/c1-18(11(20)17-6-10(19)21-2)9-4-3-7(5-8(9)13)22-12(14,15)16/h3-5H,6H2,1-2H3,(H,17,20). The molecule has 0 fully saturated rings. The van der Waals surface area contributed by atoms with E-state index >= 15 is 0 Å². The van der Waals surface area contributed by atoms with Crippen LogP contribution in [0.15, 0.2) is 23.1 Å². The summed E-state index contributed by atoms with van der Waals surface area (Å²) in [5, 5.41) is 2.17. The minimum absolute atomic E-state index is 0.228.